The average molecular weight is 449 g/mol. The van der Waals surface area contributed by atoms with E-state index in [1.807, 2.05) is 0 Å². The average Bonchev–Trinajstić information content (AvgIpc) is 3.26. The number of halogens is 3. The first-order chi connectivity index (χ1) is 15.6. The highest BCUT2D eigenvalue weighted by Gasteiger charge is 2.41. The molecule has 5 nitrogen and oxygen atoms in total. The van der Waals surface area contributed by atoms with Crippen molar-refractivity contribution in [1.29, 1.82) is 0 Å². The van der Waals surface area contributed by atoms with Gasteiger partial charge in [-0.1, -0.05) is 41.9 Å². The molecule has 6 rings (SSSR count). The summed E-state index contributed by atoms with van der Waals surface area (Å²) >= 11 is 6.29. The Hall–Kier alpha value is -3.71. The van der Waals surface area contributed by atoms with Crippen LogP contribution in [0.4, 0.5) is 14.7 Å². The van der Waals surface area contributed by atoms with Crippen molar-refractivity contribution in [2.45, 2.75) is 12.1 Å². The minimum absolute atomic E-state index is 0.386. The normalized spacial score (nSPS) is 18.8. The molecular formula is C24H15ClF2N4O. The molecule has 0 saturated carbocycles. The second kappa shape index (κ2) is 7.17. The molecule has 2 atom stereocenters. The topological polar surface area (TPSA) is 52.0 Å². The fourth-order valence-electron chi connectivity index (χ4n) is 4.38. The Balaban J connectivity index is 1.67. The summed E-state index contributed by atoms with van der Waals surface area (Å²) in [7, 11) is 0. The summed E-state index contributed by atoms with van der Waals surface area (Å²) < 4.78 is 37.2. The zero-order chi connectivity index (χ0) is 21.8. The van der Waals surface area contributed by atoms with Crippen molar-refractivity contribution < 1.29 is 13.5 Å². The highest BCUT2D eigenvalue weighted by Crippen LogP contribution is 2.51. The number of nitrogens with one attached hydrogen (secondary N) is 1. The maximum atomic E-state index is 15.1. The molecule has 0 bridgehead atoms. The van der Waals surface area contributed by atoms with Crippen LogP contribution in [0, 0.1) is 11.6 Å². The summed E-state index contributed by atoms with van der Waals surface area (Å²) in [6.45, 7) is 0. The predicted octanol–water partition coefficient (Wildman–Crippen LogP) is 5.77. The minimum Gasteiger partial charge on any atom is -0.480 e. The van der Waals surface area contributed by atoms with Gasteiger partial charge in [-0.15, -0.1) is 0 Å². The first-order valence-electron chi connectivity index (χ1n) is 9.97. The molecule has 0 radical (unpaired) electrons. The van der Waals surface area contributed by atoms with Gasteiger partial charge in [0.05, 0.1) is 5.70 Å². The Bertz CT molecular complexity index is 1400. The molecular weight excluding hydrogens is 434 g/mol. The molecule has 158 valence electrons. The molecule has 32 heavy (non-hydrogen) atoms. The standard InChI is InChI=1S/C24H15ClF2N4O/c25-14-8-9-19-17(11-14)21-20(23(32-19)13-4-3-5-15(26)10-13)22(16-6-1-2-7-18(16)27)31-24(30-21)28-12-29-31/h1-12,22-23H,(H,28,29,30)/t22-,23-/m1/s1. The van der Waals surface area contributed by atoms with Gasteiger partial charge in [0.25, 0.3) is 0 Å². The lowest BCUT2D eigenvalue weighted by molar-refractivity contribution is 0.222. The molecule has 2 aliphatic rings. The molecule has 2 aliphatic heterocycles. The quantitative estimate of drug-likeness (QED) is 0.423. The van der Waals surface area contributed by atoms with Crippen molar-refractivity contribution in [3.05, 3.63) is 112 Å². The molecule has 0 aliphatic carbocycles. The number of fused-ring (bicyclic) bond motifs is 3. The number of anilines is 1. The van der Waals surface area contributed by atoms with E-state index >= 15 is 4.39 Å². The number of rotatable bonds is 2. The number of hydrogen-bond donors (Lipinski definition) is 1. The fraction of sp³-hybridized carbons (Fsp3) is 0.0833. The monoisotopic (exact) mass is 448 g/mol. The van der Waals surface area contributed by atoms with Crippen LogP contribution < -0.4 is 10.1 Å². The van der Waals surface area contributed by atoms with Gasteiger partial charge < -0.3 is 10.1 Å². The number of nitrogens with zero attached hydrogens (tertiary/aromatic N) is 3. The van der Waals surface area contributed by atoms with Crippen LogP contribution in [0.15, 0.2) is 78.6 Å². The number of hydrogen-bond acceptors (Lipinski definition) is 4. The van der Waals surface area contributed by atoms with Crippen LogP contribution in [0.2, 0.25) is 5.02 Å². The Morgan fingerprint density at radius 3 is 2.72 bits per heavy atom. The summed E-state index contributed by atoms with van der Waals surface area (Å²) in [5.41, 5.74) is 3.11. The molecule has 3 heterocycles. The van der Waals surface area contributed by atoms with Gasteiger partial charge in [0.15, 0.2) is 0 Å². The lowest BCUT2D eigenvalue weighted by atomic mass is 9.84. The van der Waals surface area contributed by atoms with E-state index in [4.69, 9.17) is 16.3 Å². The molecule has 0 fully saturated rings. The van der Waals surface area contributed by atoms with Crippen LogP contribution in [0.5, 0.6) is 5.75 Å². The summed E-state index contributed by atoms with van der Waals surface area (Å²) in [5, 5.41) is 8.19. The van der Waals surface area contributed by atoms with Gasteiger partial charge in [-0.25, -0.2) is 13.5 Å². The Labute approximate surface area is 186 Å². The van der Waals surface area contributed by atoms with Gasteiger partial charge in [0, 0.05) is 21.7 Å². The summed E-state index contributed by atoms with van der Waals surface area (Å²) in [4.78, 5) is 4.31. The zero-order valence-electron chi connectivity index (χ0n) is 16.5. The molecule has 0 saturated heterocycles. The molecule has 0 unspecified atom stereocenters. The molecule has 4 aromatic rings. The summed E-state index contributed by atoms with van der Waals surface area (Å²) in [5.74, 6) is 0.267. The van der Waals surface area contributed by atoms with E-state index in [0.29, 0.717) is 39.1 Å². The fourth-order valence-corrected chi connectivity index (χ4v) is 4.55. The SMILES string of the molecule is Fc1cccc([C@H]2Oc3ccc(Cl)cc3C3=C2[C@@H](c2ccccc2F)n2ncnc2N3)c1. The molecule has 3 aromatic carbocycles. The molecule has 0 spiro atoms. The van der Waals surface area contributed by atoms with E-state index in [1.54, 1.807) is 53.2 Å². The van der Waals surface area contributed by atoms with Crippen LogP contribution in [0.3, 0.4) is 0 Å². The van der Waals surface area contributed by atoms with Crippen LogP contribution >= 0.6 is 11.6 Å². The second-order valence-corrected chi connectivity index (χ2v) is 8.04. The van der Waals surface area contributed by atoms with E-state index in [2.05, 4.69) is 15.4 Å². The van der Waals surface area contributed by atoms with Gasteiger partial charge in [0.2, 0.25) is 5.95 Å². The summed E-state index contributed by atoms with van der Waals surface area (Å²) in [6.07, 6.45) is 0.717. The largest absolute Gasteiger partial charge is 0.480 e. The van der Waals surface area contributed by atoms with Gasteiger partial charge in [0.1, 0.15) is 35.9 Å². The smallest absolute Gasteiger partial charge is 0.226 e. The Kier molecular flexibility index (Phi) is 4.26. The summed E-state index contributed by atoms with van der Waals surface area (Å²) in [6, 6.07) is 17.3. The van der Waals surface area contributed by atoms with E-state index in [-0.39, 0.29) is 11.6 Å². The van der Waals surface area contributed by atoms with Crippen LogP contribution in [0.1, 0.15) is 28.8 Å². The van der Waals surface area contributed by atoms with Crippen molar-refractivity contribution in [3.63, 3.8) is 0 Å². The lowest BCUT2D eigenvalue weighted by Crippen LogP contribution is -2.32. The molecule has 1 aromatic heterocycles. The van der Waals surface area contributed by atoms with E-state index in [9.17, 15) is 4.39 Å². The van der Waals surface area contributed by atoms with E-state index in [0.717, 1.165) is 5.56 Å². The third kappa shape index (κ3) is 2.89. The Morgan fingerprint density at radius 1 is 1.00 bits per heavy atom. The van der Waals surface area contributed by atoms with Gasteiger partial charge >= 0.3 is 0 Å². The maximum absolute atomic E-state index is 15.1. The van der Waals surface area contributed by atoms with Gasteiger partial charge in [-0.05, 0) is 42.0 Å². The third-order valence-corrected chi connectivity index (χ3v) is 5.96. The number of ether oxygens (including phenoxy) is 1. The second-order valence-electron chi connectivity index (χ2n) is 7.60. The zero-order valence-corrected chi connectivity index (χ0v) is 17.2. The first kappa shape index (κ1) is 19.0. The lowest BCUT2D eigenvalue weighted by Gasteiger charge is -2.39. The van der Waals surface area contributed by atoms with Crippen LogP contribution in [0.25, 0.3) is 5.70 Å². The minimum atomic E-state index is -0.691. The van der Waals surface area contributed by atoms with E-state index in [1.165, 1.54) is 24.5 Å². The first-order valence-corrected chi connectivity index (χ1v) is 10.3. The van der Waals surface area contributed by atoms with Crippen molar-refractivity contribution >= 4 is 23.2 Å². The number of aromatic nitrogens is 3. The van der Waals surface area contributed by atoms with Gasteiger partial charge in [-0.3, -0.25) is 0 Å². The van der Waals surface area contributed by atoms with Crippen LogP contribution in [-0.4, -0.2) is 14.8 Å². The highest BCUT2D eigenvalue weighted by atomic mass is 35.5. The van der Waals surface area contributed by atoms with Crippen LogP contribution in [-0.2, 0) is 0 Å². The molecule has 0 amide bonds. The highest BCUT2D eigenvalue weighted by molar-refractivity contribution is 6.30. The third-order valence-electron chi connectivity index (χ3n) is 5.73. The van der Waals surface area contributed by atoms with Gasteiger partial charge in [-0.2, -0.15) is 10.1 Å². The van der Waals surface area contributed by atoms with Crippen molar-refractivity contribution in [1.82, 2.24) is 14.8 Å². The number of benzene rings is 3. The van der Waals surface area contributed by atoms with Crippen molar-refractivity contribution in [2.24, 2.45) is 0 Å². The van der Waals surface area contributed by atoms with E-state index < -0.39 is 12.1 Å². The van der Waals surface area contributed by atoms with Crippen molar-refractivity contribution in [3.8, 4) is 5.75 Å². The maximum Gasteiger partial charge on any atom is 0.226 e. The molecule has 8 heteroatoms. The van der Waals surface area contributed by atoms with Crippen molar-refractivity contribution in [2.75, 3.05) is 5.32 Å². The predicted molar refractivity (Wildman–Crippen MR) is 116 cm³/mol. The molecule has 1 N–H and O–H groups in total. The Morgan fingerprint density at radius 2 is 1.88 bits per heavy atom.